The highest BCUT2D eigenvalue weighted by atomic mass is 35.5. The zero-order chi connectivity index (χ0) is 24.8. The summed E-state index contributed by atoms with van der Waals surface area (Å²) in [6.07, 6.45) is 1.29. The average Bonchev–Trinajstić information content (AvgIpc) is 3.28. The summed E-state index contributed by atoms with van der Waals surface area (Å²) in [6, 6.07) is 18.7. The van der Waals surface area contributed by atoms with Crippen molar-refractivity contribution in [3.05, 3.63) is 77.3 Å². The third-order valence-electron chi connectivity index (χ3n) is 4.81. The Morgan fingerprint density at radius 1 is 1.11 bits per heavy atom. The van der Waals surface area contributed by atoms with Gasteiger partial charge in [0.2, 0.25) is 0 Å². The fraction of sp³-hybridized carbons (Fsp3) is 0.0833. The number of amides is 1. The summed E-state index contributed by atoms with van der Waals surface area (Å²) in [5.74, 6) is 0.741. The van der Waals surface area contributed by atoms with Gasteiger partial charge in [-0.3, -0.25) is 9.36 Å². The molecule has 3 N–H and O–H groups in total. The van der Waals surface area contributed by atoms with Crippen LogP contribution < -0.4 is 10.2 Å². The number of thioether (sulfide) groups is 1. The van der Waals surface area contributed by atoms with Gasteiger partial charge in [-0.2, -0.15) is 5.10 Å². The number of hydrogen-bond donors (Lipinski definition) is 3. The Labute approximate surface area is 210 Å². The molecule has 0 fully saturated rings. The Bertz CT molecular complexity index is 1360. The number of phenolic OH excluding ortho intramolecular Hbond substituents is 2. The predicted molar refractivity (Wildman–Crippen MR) is 135 cm³/mol. The van der Waals surface area contributed by atoms with Crippen LogP contribution in [0.3, 0.4) is 0 Å². The van der Waals surface area contributed by atoms with Crippen LogP contribution in [-0.4, -0.2) is 50.0 Å². The lowest BCUT2D eigenvalue weighted by atomic mass is 10.2. The molecule has 9 nitrogen and oxygen atoms in total. The second-order valence-corrected chi connectivity index (χ2v) is 8.55. The van der Waals surface area contributed by atoms with Crippen LogP contribution in [0.2, 0.25) is 5.02 Å². The molecule has 0 unspecified atom stereocenters. The summed E-state index contributed by atoms with van der Waals surface area (Å²) in [6.45, 7) is 0. The summed E-state index contributed by atoms with van der Waals surface area (Å²) in [7, 11) is 1.60. The highest BCUT2D eigenvalue weighted by Crippen LogP contribution is 2.29. The summed E-state index contributed by atoms with van der Waals surface area (Å²) in [4.78, 5) is 12.3. The molecule has 0 aliphatic heterocycles. The Morgan fingerprint density at radius 3 is 2.54 bits per heavy atom. The maximum Gasteiger partial charge on any atom is 0.250 e. The van der Waals surface area contributed by atoms with Crippen molar-refractivity contribution in [2.45, 2.75) is 5.16 Å². The van der Waals surface area contributed by atoms with Crippen molar-refractivity contribution < 1.29 is 19.7 Å². The van der Waals surface area contributed by atoms with Gasteiger partial charge in [-0.25, -0.2) is 5.43 Å². The number of phenols is 2. The smallest absolute Gasteiger partial charge is 0.250 e. The average molecular weight is 510 g/mol. The van der Waals surface area contributed by atoms with Gasteiger partial charge in [-0.15, -0.1) is 10.2 Å². The van der Waals surface area contributed by atoms with Crippen molar-refractivity contribution in [1.82, 2.24) is 20.2 Å². The largest absolute Gasteiger partial charge is 0.508 e. The Morgan fingerprint density at radius 2 is 1.86 bits per heavy atom. The summed E-state index contributed by atoms with van der Waals surface area (Å²) in [5.41, 5.74) is 4.37. The summed E-state index contributed by atoms with van der Waals surface area (Å²) >= 11 is 7.25. The molecule has 1 amide bonds. The van der Waals surface area contributed by atoms with Crippen molar-refractivity contribution in [3.63, 3.8) is 0 Å². The lowest BCUT2D eigenvalue weighted by Crippen LogP contribution is -2.20. The van der Waals surface area contributed by atoms with Gasteiger partial charge in [-0.1, -0.05) is 23.4 Å². The highest BCUT2D eigenvalue weighted by Gasteiger charge is 2.17. The van der Waals surface area contributed by atoms with Crippen LogP contribution >= 0.6 is 23.4 Å². The molecule has 0 radical (unpaired) electrons. The summed E-state index contributed by atoms with van der Waals surface area (Å²) < 4.78 is 7.07. The van der Waals surface area contributed by atoms with Crippen LogP contribution in [0.25, 0.3) is 17.1 Å². The number of carbonyl (C=O) groups is 1. The minimum absolute atomic E-state index is 0.0211. The van der Waals surface area contributed by atoms with Crippen molar-refractivity contribution in [2.24, 2.45) is 5.10 Å². The van der Waals surface area contributed by atoms with Gasteiger partial charge in [0.05, 0.1) is 19.1 Å². The lowest BCUT2D eigenvalue weighted by Gasteiger charge is -2.11. The molecule has 11 heteroatoms. The fourth-order valence-corrected chi connectivity index (χ4v) is 3.96. The monoisotopic (exact) mass is 509 g/mol. The molecule has 0 aliphatic rings. The molecular weight excluding hydrogens is 490 g/mol. The first-order valence-electron chi connectivity index (χ1n) is 10.3. The number of methoxy groups -OCH3 is 1. The zero-order valence-corrected chi connectivity index (χ0v) is 20.0. The van der Waals surface area contributed by atoms with E-state index in [2.05, 4.69) is 20.7 Å². The number of halogens is 1. The van der Waals surface area contributed by atoms with E-state index >= 15 is 0 Å². The number of carbonyl (C=O) groups excluding carboxylic acids is 1. The van der Waals surface area contributed by atoms with E-state index in [4.69, 9.17) is 16.3 Å². The van der Waals surface area contributed by atoms with E-state index in [9.17, 15) is 15.0 Å². The van der Waals surface area contributed by atoms with E-state index in [0.717, 1.165) is 17.0 Å². The number of nitrogens with one attached hydrogen (secondary N) is 1. The number of rotatable bonds is 8. The first-order valence-corrected chi connectivity index (χ1v) is 11.6. The Balaban J connectivity index is 1.51. The van der Waals surface area contributed by atoms with Crippen LogP contribution in [-0.2, 0) is 4.79 Å². The molecule has 1 heterocycles. The number of aromatic nitrogens is 3. The fourth-order valence-electron chi connectivity index (χ4n) is 3.09. The molecule has 0 saturated carbocycles. The third kappa shape index (κ3) is 5.92. The van der Waals surface area contributed by atoms with E-state index in [-0.39, 0.29) is 23.2 Å². The molecule has 0 spiro atoms. The minimum atomic E-state index is -0.374. The number of nitrogens with zero attached hydrogens (tertiary/aromatic N) is 4. The molecule has 1 aromatic heterocycles. The molecule has 0 saturated heterocycles. The minimum Gasteiger partial charge on any atom is -0.508 e. The number of hydrazone groups is 1. The van der Waals surface area contributed by atoms with Crippen LogP contribution in [0.15, 0.2) is 77.0 Å². The van der Waals surface area contributed by atoms with Crippen molar-refractivity contribution in [1.29, 1.82) is 0 Å². The van der Waals surface area contributed by atoms with E-state index in [1.54, 1.807) is 19.2 Å². The van der Waals surface area contributed by atoms with Gasteiger partial charge in [0, 0.05) is 27.9 Å². The van der Waals surface area contributed by atoms with E-state index in [1.807, 2.05) is 41.0 Å². The predicted octanol–water partition coefficient (Wildman–Crippen LogP) is 4.25. The van der Waals surface area contributed by atoms with Gasteiger partial charge in [0.25, 0.3) is 5.91 Å². The molecule has 0 bridgehead atoms. The highest BCUT2D eigenvalue weighted by molar-refractivity contribution is 7.99. The van der Waals surface area contributed by atoms with E-state index in [0.29, 0.717) is 21.6 Å². The summed E-state index contributed by atoms with van der Waals surface area (Å²) in [5, 5.41) is 32.7. The van der Waals surface area contributed by atoms with Crippen molar-refractivity contribution >= 4 is 35.5 Å². The topological polar surface area (TPSA) is 122 Å². The maximum atomic E-state index is 12.3. The molecule has 4 rings (SSSR count). The van der Waals surface area contributed by atoms with Crippen LogP contribution in [0.4, 0.5) is 0 Å². The van der Waals surface area contributed by atoms with Gasteiger partial charge in [-0.05, 0) is 60.7 Å². The van der Waals surface area contributed by atoms with Crippen LogP contribution in [0.5, 0.6) is 17.2 Å². The molecule has 35 heavy (non-hydrogen) atoms. The second-order valence-electron chi connectivity index (χ2n) is 7.17. The molecule has 178 valence electrons. The zero-order valence-electron chi connectivity index (χ0n) is 18.4. The van der Waals surface area contributed by atoms with Crippen molar-refractivity contribution in [2.75, 3.05) is 12.9 Å². The molecule has 0 aliphatic carbocycles. The van der Waals surface area contributed by atoms with Crippen molar-refractivity contribution in [3.8, 4) is 34.3 Å². The first kappa shape index (κ1) is 24.1. The third-order valence-corrected chi connectivity index (χ3v) is 5.99. The first-order chi connectivity index (χ1) is 16.9. The SMILES string of the molecule is COc1ccc(-c2nnc(SCC(=O)NN=Cc3ccc(O)cc3O)n2-c2ccc(Cl)cc2)cc1. The molecule has 0 atom stereocenters. The normalized spacial score (nSPS) is 11.0. The maximum absolute atomic E-state index is 12.3. The standard InChI is InChI=1S/C24H20ClN5O4S/c1-34-20-10-3-15(4-11-20)23-28-29-24(30(23)18-7-5-17(25)6-8-18)35-14-22(33)27-26-13-16-2-9-19(31)12-21(16)32/h2-13,31-32H,14H2,1H3,(H,27,33). The van der Waals surface area contributed by atoms with E-state index < -0.39 is 0 Å². The molecular formula is C24H20ClN5O4S. The van der Waals surface area contributed by atoms with Gasteiger partial charge >= 0.3 is 0 Å². The number of benzene rings is 3. The quantitative estimate of drug-likeness (QED) is 0.184. The van der Waals surface area contributed by atoms with Gasteiger partial charge < -0.3 is 14.9 Å². The molecule has 4 aromatic rings. The Kier molecular flexibility index (Phi) is 7.54. The van der Waals surface area contributed by atoms with Crippen LogP contribution in [0.1, 0.15) is 5.56 Å². The van der Waals surface area contributed by atoms with Gasteiger partial charge in [0.1, 0.15) is 17.2 Å². The number of aromatic hydroxyl groups is 2. The lowest BCUT2D eigenvalue weighted by molar-refractivity contribution is -0.118. The number of ether oxygens (including phenoxy) is 1. The molecule has 3 aromatic carbocycles. The van der Waals surface area contributed by atoms with Gasteiger partial charge in [0.15, 0.2) is 11.0 Å². The Hall–Kier alpha value is -4.02. The van der Waals surface area contributed by atoms with E-state index in [1.165, 1.54) is 36.2 Å². The second kappa shape index (κ2) is 10.9. The number of hydrogen-bond acceptors (Lipinski definition) is 8. The van der Waals surface area contributed by atoms with Crippen LogP contribution in [0, 0.1) is 0 Å².